The third-order valence-corrected chi connectivity index (χ3v) is 7.73. The van der Waals surface area contributed by atoms with Crippen LogP contribution in [0.15, 0.2) is 46.1 Å². The first-order chi connectivity index (χ1) is 18.0. The summed E-state index contributed by atoms with van der Waals surface area (Å²) in [4.78, 5) is 48.8. The van der Waals surface area contributed by atoms with E-state index in [-0.39, 0.29) is 19.4 Å². The van der Waals surface area contributed by atoms with Crippen LogP contribution < -0.4 is 21.9 Å². The van der Waals surface area contributed by atoms with Gasteiger partial charge in [0.1, 0.15) is 12.2 Å². The van der Waals surface area contributed by atoms with Gasteiger partial charge in [-0.05, 0) is 31.5 Å². The number of aromatic nitrogens is 2. The molecule has 2 aromatic rings. The van der Waals surface area contributed by atoms with Crippen molar-refractivity contribution in [3.63, 3.8) is 0 Å². The second-order valence-corrected chi connectivity index (χ2v) is 10.5. The second-order valence-electron chi connectivity index (χ2n) is 8.40. The molecule has 208 valence electrons. The molecule has 2 amide bonds. The van der Waals surface area contributed by atoms with Crippen molar-refractivity contribution in [2.75, 3.05) is 25.1 Å². The van der Waals surface area contributed by atoms with Crippen molar-refractivity contribution < 1.29 is 38.2 Å². The highest BCUT2D eigenvalue weighted by Crippen LogP contribution is 2.51. The fourth-order valence-electron chi connectivity index (χ4n) is 3.80. The molecule has 4 atom stereocenters. The first-order valence-corrected chi connectivity index (χ1v) is 13.6. The van der Waals surface area contributed by atoms with E-state index in [0.717, 1.165) is 21.4 Å². The van der Waals surface area contributed by atoms with E-state index in [1.54, 1.807) is 38.1 Å². The average molecular weight is 554 g/mol. The number of aliphatic hydroxyl groups is 2. The molecule has 1 saturated heterocycles. The SMILES string of the molecule is CCOP(=O)(Cc1ccc(NC(=O)CNC(=O)[C@H]2O[C@@H](n3ccc(=O)n(C)c3=O)[C@@H](O)[C@H]2O)cc1)OCC. The summed E-state index contributed by atoms with van der Waals surface area (Å²) in [6.07, 6.45) is -5.17. The maximum absolute atomic E-state index is 12.7. The zero-order valence-corrected chi connectivity index (χ0v) is 22.0. The number of nitrogens with one attached hydrogen (secondary N) is 2. The number of hydrogen-bond acceptors (Lipinski definition) is 10. The van der Waals surface area contributed by atoms with Gasteiger partial charge < -0.3 is 34.6 Å². The topological polar surface area (TPSA) is 187 Å². The number of amides is 2. The van der Waals surface area contributed by atoms with Crippen molar-refractivity contribution in [3.05, 3.63) is 62.9 Å². The number of carbonyl (C=O) groups is 2. The third-order valence-electron chi connectivity index (χ3n) is 5.68. The summed E-state index contributed by atoms with van der Waals surface area (Å²) in [5.41, 5.74) is -0.291. The van der Waals surface area contributed by atoms with Crippen LogP contribution in [0.1, 0.15) is 25.6 Å². The van der Waals surface area contributed by atoms with Crippen molar-refractivity contribution in [1.82, 2.24) is 14.5 Å². The van der Waals surface area contributed by atoms with Gasteiger partial charge in [-0.25, -0.2) is 4.79 Å². The van der Waals surface area contributed by atoms with Crippen molar-refractivity contribution >= 4 is 25.1 Å². The smallest absolute Gasteiger partial charge is 0.335 e. The largest absolute Gasteiger partial charge is 0.387 e. The van der Waals surface area contributed by atoms with Crippen LogP contribution >= 0.6 is 7.60 Å². The Morgan fingerprint density at radius 1 is 1.05 bits per heavy atom. The van der Waals surface area contributed by atoms with E-state index < -0.39 is 61.7 Å². The fourth-order valence-corrected chi connectivity index (χ4v) is 5.50. The zero-order valence-electron chi connectivity index (χ0n) is 21.1. The quantitative estimate of drug-likeness (QED) is 0.268. The Kier molecular flexibility index (Phi) is 9.77. The lowest BCUT2D eigenvalue weighted by atomic mass is 10.1. The van der Waals surface area contributed by atoms with Crippen LogP contribution in [0.25, 0.3) is 0 Å². The van der Waals surface area contributed by atoms with E-state index in [0.29, 0.717) is 11.3 Å². The molecule has 1 aromatic carbocycles. The van der Waals surface area contributed by atoms with Gasteiger partial charge in [-0.1, -0.05) is 12.1 Å². The molecular weight excluding hydrogens is 523 g/mol. The van der Waals surface area contributed by atoms with Gasteiger partial charge in [0, 0.05) is 25.0 Å². The van der Waals surface area contributed by atoms with Crippen molar-refractivity contribution in [2.45, 2.75) is 44.5 Å². The Morgan fingerprint density at radius 2 is 1.68 bits per heavy atom. The zero-order chi connectivity index (χ0) is 28.0. The molecule has 15 heteroatoms. The minimum absolute atomic E-state index is 0.0704. The van der Waals surface area contributed by atoms with Gasteiger partial charge in [-0.3, -0.25) is 28.1 Å². The lowest BCUT2D eigenvalue weighted by Crippen LogP contribution is -2.45. The van der Waals surface area contributed by atoms with Gasteiger partial charge in [0.25, 0.3) is 11.5 Å². The summed E-state index contributed by atoms with van der Waals surface area (Å²) in [5.74, 6) is -1.47. The summed E-state index contributed by atoms with van der Waals surface area (Å²) >= 11 is 0. The molecule has 0 bridgehead atoms. The van der Waals surface area contributed by atoms with Crippen LogP contribution in [0.5, 0.6) is 0 Å². The van der Waals surface area contributed by atoms with Gasteiger partial charge in [-0.2, -0.15) is 0 Å². The summed E-state index contributed by atoms with van der Waals surface area (Å²) in [5, 5.41) is 25.5. The molecule has 14 nitrogen and oxygen atoms in total. The van der Waals surface area contributed by atoms with Gasteiger partial charge in [0.05, 0.1) is 25.9 Å². The minimum atomic E-state index is -3.28. The van der Waals surface area contributed by atoms with Crippen molar-refractivity contribution in [1.29, 1.82) is 0 Å². The van der Waals surface area contributed by atoms with Gasteiger partial charge in [-0.15, -0.1) is 0 Å². The molecule has 3 rings (SSSR count). The summed E-state index contributed by atoms with van der Waals surface area (Å²) in [6.45, 7) is 3.45. The molecule has 1 aromatic heterocycles. The molecule has 0 radical (unpaired) electrons. The summed E-state index contributed by atoms with van der Waals surface area (Å²) in [7, 11) is -2.04. The van der Waals surface area contributed by atoms with Crippen LogP contribution in [-0.4, -0.2) is 69.2 Å². The summed E-state index contributed by atoms with van der Waals surface area (Å²) in [6, 6.07) is 7.57. The van der Waals surface area contributed by atoms with E-state index in [2.05, 4.69) is 10.6 Å². The van der Waals surface area contributed by atoms with Crippen molar-refractivity contribution in [2.24, 2.45) is 7.05 Å². The second kappa shape index (κ2) is 12.6. The van der Waals surface area contributed by atoms with E-state index in [1.807, 2.05) is 0 Å². The van der Waals surface area contributed by atoms with E-state index in [9.17, 15) is 34.0 Å². The predicted octanol–water partition coefficient (Wildman–Crippen LogP) is -0.313. The lowest BCUT2D eigenvalue weighted by Gasteiger charge is -2.17. The number of benzene rings is 1. The lowest BCUT2D eigenvalue weighted by molar-refractivity contribution is -0.138. The van der Waals surface area contributed by atoms with Gasteiger partial charge in [0.2, 0.25) is 5.91 Å². The highest BCUT2D eigenvalue weighted by molar-refractivity contribution is 7.53. The molecule has 38 heavy (non-hydrogen) atoms. The highest BCUT2D eigenvalue weighted by Gasteiger charge is 2.47. The van der Waals surface area contributed by atoms with Crippen LogP contribution in [0.3, 0.4) is 0 Å². The summed E-state index contributed by atoms with van der Waals surface area (Å²) < 4.78 is 30.3. The normalized spacial score (nSPS) is 21.3. The Balaban J connectivity index is 1.55. The Hall–Kier alpha value is -3.13. The third kappa shape index (κ3) is 6.84. The van der Waals surface area contributed by atoms with Crippen LogP contribution in [0.2, 0.25) is 0 Å². The molecule has 0 aliphatic carbocycles. The first-order valence-electron chi connectivity index (χ1n) is 11.8. The number of hydrogen-bond donors (Lipinski definition) is 4. The Labute approximate surface area is 217 Å². The predicted molar refractivity (Wildman–Crippen MR) is 135 cm³/mol. The average Bonchev–Trinajstić information content (AvgIpc) is 3.17. The highest BCUT2D eigenvalue weighted by atomic mass is 31.2. The molecule has 4 N–H and O–H groups in total. The molecule has 1 fully saturated rings. The molecule has 1 aliphatic heterocycles. The van der Waals surface area contributed by atoms with Crippen LogP contribution in [-0.2, 0) is 41.1 Å². The Bertz CT molecular complexity index is 1300. The van der Waals surface area contributed by atoms with E-state index >= 15 is 0 Å². The standard InChI is InChI=1S/C23H31N4O10P/c1-4-35-38(34,36-5-2)13-14-6-8-15(9-7-14)25-16(28)12-24-21(32)20-18(30)19(31)22(37-20)27-11-10-17(29)26(3)23(27)33/h6-11,18-20,22,30-31H,4-5,12-13H2,1-3H3,(H,24,32)(H,25,28)/t18-,19+,20+,22-/m1/s1. The molecule has 0 spiro atoms. The monoisotopic (exact) mass is 554 g/mol. The molecular formula is C23H31N4O10P. The first kappa shape index (κ1) is 29.4. The molecule has 0 saturated carbocycles. The number of aliphatic hydroxyl groups excluding tert-OH is 2. The molecule has 0 unspecified atom stereocenters. The minimum Gasteiger partial charge on any atom is -0.387 e. The maximum atomic E-state index is 12.7. The maximum Gasteiger partial charge on any atom is 0.335 e. The van der Waals surface area contributed by atoms with Crippen LogP contribution in [0.4, 0.5) is 5.69 Å². The van der Waals surface area contributed by atoms with E-state index in [4.69, 9.17) is 13.8 Å². The number of ether oxygens (including phenoxy) is 1. The van der Waals surface area contributed by atoms with E-state index in [1.165, 1.54) is 7.05 Å². The number of anilines is 1. The van der Waals surface area contributed by atoms with Crippen LogP contribution in [0, 0.1) is 0 Å². The molecule has 1 aliphatic rings. The van der Waals surface area contributed by atoms with Gasteiger partial charge in [0.15, 0.2) is 12.3 Å². The van der Waals surface area contributed by atoms with Crippen molar-refractivity contribution in [3.8, 4) is 0 Å². The molecule has 2 heterocycles. The number of nitrogens with zero attached hydrogens (tertiary/aromatic N) is 2. The van der Waals surface area contributed by atoms with Gasteiger partial charge >= 0.3 is 13.3 Å². The number of carbonyl (C=O) groups excluding carboxylic acids is 2. The Morgan fingerprint density at radius 3 is 2.29 bits per heavy atom. The fraction of sp³-hybridized carbons (Fsp3) is 0.478. The number of rotatable bonds is 11.